The highest BCUT2D eigenvalue weighted by atomic mass is 15.1. The third-order valence-electron chi connectivity index (χ3n) is 10.3. The molecule has 0 spiro atoms. The second kappa shape index (κ2) is 13.8. The van der Waals surface area contributed by atoms with Crippen LogP contribution >= 0.6 is 0 Å². The van der Waals surface area contributed by atoms with E-state index in [0.717, 1.165) is 72.5 Å². The number of fused-ring (bicyclic) bond motifs is 3. The molecule has 0 unspecified atom stereocenters. The van der Waals surface area contributed by atoms with Crippen molar-refractivity contribution in [1.82, 2.24) is 19.5 Å². The van der Waals surface area contributed by atoms with Gasteiger partial charge in [-0.05, 0) is 99.6 Å². The van der Waals surface area contributed by atoms with E-state index in [2.05, 4.69) is 173 Å². The molecule has 0 fully saturated rings. The largest absolute Gasteiger partial charge is 0.293 e. The Morgan fingerprint density at radius 2 is 0.927 bits per heavy atom. The molecule has 0 amide bonds. The topological polar surface area (TPSA) is 43.6 Å². The molecule has 55 heavy (non-hydrogen) atoms. The summed E-state index contributed by atoms with van der Waals surface area (Å²) in [5, 5.41) is 2.33. The molecule has 258 valence electrons. The van der Waals surface area contributed by atoms with Crippen LogP contribution in [0, 0.1) is 0 Å². The lowest BCUT2D eigenvalue weighted by atomic mass is 9.95. The van der Waals surface area contributed by atoms with E-state index in [1.54, 1.807) is 6.20 Å². The first-order valence-corrected chi connectivity index (χ1v) is 18.5. The Kier molecular flexibility index (Phi) is 8.12. The maximum absolute atomic E-state index is 5.49. The Morgan fingerprint density at radius 3 is 1.58 bits per heavy atom. The van der Waals surface area contributed by atoms with E-state index < -0.39 is 0 Å². The summed E-state index contributed by atoms with van der Waals surface area (Å²) in [5.41, 5.74) is 14.7. The summed E-state index contributed by atoms with van der Waals surface area (Å²) >= 11 is 0. The minimum absolute atomic E-state index is 0.792. The van der Waals surface area contributed by atoms with Gasteiger partial charge >= 0.3 is 0 Å². The molecule has 4 aromatic heterocycles. The van der Waals surface area contributed by atoms with Crippen molar-refractivity contribution in [2.75, 3.05) is 0 Å². The number of nitrogens with zero attached hydrogens (tertiary/aromatic N) is 4. The van der Waals surface area contributed by atoms with Gasteiger partial charge in [-0.2, -0.15) is 0 Å². The van der Waals surface area contributed by atoms with Crippen LogP contribution in [-0.4, -0.2) is 19.5 Å². The molecule has 0 radical (unpaired) electrons. The molecule has 4 nitrogen and oxygen atoms in total. The van der Waals surface area contributed by atoms with Crippen molar-refractivity contribution < 1.29 is 0 Å². The van der Waals surface area contributed by atoms with Crippen LogP contribution in [0.1, 0.15) is 0 Å². The minimum atomic E-state index is 0.792. The summed E-state index contributed by atoms with van der Waals surface area (Å²) in [4.78, 5) is 15.0. The van der Waals surface area contributed by atoms with Crippen molar-refractivity contribution in [2.45, 2.75) is 0 Å². The molecule has 0 saturated heterocycles. The van der Waals surface area contributed by atoms with E-state index in [9.17, 15) is 0 Å². The second-order valence-corrected chi connectivity index (χ2v) is 13.7. The van der Waals surface area contributed by atoms with Gasteiger partial charge in [0.05, 0.1) is 28.1 Å². The molecular weight excluding hydrogens is 669 g/mol. The standard InChI is InChI=1S/C51H34N4/c1-5-15-35(16-6-1)39-26-27-49-44(29-39)45-31-41(36-17-7-2-8-18-36)30-43(38-21-11-4-12-22-38)51(45)55(49)50-33-42(37-19-9-3-10-20-37)32-48(54-50)47-25-13-24-46(53-47)40-23-14-28-52-34-40/h1-34H. The maximum Gasteiger partial charge on any atom is 0.139 e. The highest BCUT2D eigenvalue weighted by Crippen LogP contribution is 2.43. The molecule has 10 rings (SSSR count). The van der Waals surface area contributed by atoms with Crippen LogP contribution in [0.5, 0.6) is 0 Å². The molecule has 10 aromatic rings. The Labute approximate surface area is 319 Å². The first-order valence-electron chi connectivity index (χ1n) is 18.5. The lowest BCUT2D eigenvalue weighted by Gasteiger charge is -2.16. The van der Waals surface area contributed by atoms with Crippen LogP contribution in [-0.2, 0) is 0 Å². The number of hydrogen-bond acceptors (Lipinski definition) is 3. The monoisotopic (exact) mass is 702 g/mol. The zero-order chi connectivity index (χ0) is 36.6. The van der Waals surface area contributed by atoms with Crippen LogP contribution in [0.25, 0.3) is 94.8 Å². The number of rotatable bonds is 7. The van der Waals surface area contributed by atoms with Gasteiger partial charge in [0.25, 0.3) is 0 Å². The van der Waals surface area contributed by atoms with Gasteiger partial charge in [0.1, 0.15) is 5.82 Å². The molecule has 0 aliphatic carbocycles. The van der Waals surface area contributed by atoms with Gasteiger partial charge in [0, 0.05) is 34.3 Å². The molecule has 6 aromatic carbocycles. The summed E-state index contributed by atoms with van der Waals surface area (Å²) in [6.45, 7) is 0. The Morgan fingerprint density at radius 1 is 0.345 bits per heavy atom. The van der Waals surface area contributed by atoms with Crippen LogP contribution < -0.4 is 0 Å². The third-order valence-corrected chi connectivity index (χ3v) is 10.3. The first kappa shape index (κ1) is 32.2. The van der Waals surface area contributed by atoms with E-state index in [0.29, 0.717) is 0 Å². The highest BCUT2D eigenvalue weighted by Gasteiger charge is 2.21. The van der Waals surface area contributed by atoms with E-state index in [1.165, 1.54) is 22.3 Å². The fourth-order valence-electron chi connectivity index (χ4n) is 7.64. The lowest BCUT2D eigenvalue weighted by Crippen LogP contribution is -2.02. The van der Waals surface area contributed by atoms with Crippen LogP contribution in [0.3, 0.4) is 0 Å². The van der Waals surface area contributed by atoms with E-state index in [-0.39, 0.29) is 0 Å². The van der Waals surface area contributed by atoms with Crippen molar-refractivity contribution in [2.24, 2.45) is 0 Å². The Bertz CT molecular complexity index is 2940. The average Bonchev–Trinajstić information content (AvgIpc) is 3.61. The summed E-state index contributed by atoms with van der Waals surface area (Å²) in [5.74, 6) is 0.821. The third kappa shape index (κ3) is 6.06. The molecule has 0 N–H and O–H groups in total. The fraction of sp³-hybridized carbons (Fsp3) is 0. The number of pyridine rings is 3. The molecule has 0 aliphatic heterocycles. The van der Waals surface area contributed by atoms with Gasteiger partial charge in [-0.25, -0.2) is 9.97 Å². The summed E-state index contributed by atoms with van der Waals surface area (Å²) in [6.07, 6.45) is 3.63. The zero-order valence-corrected chi connectivity index (χ0v) is 29.9. The van der Waals surface area contributed by atoms with E-state index in [1.807, 2.05) is 36.5 Å². The van der Waals surface area contributed by atoms with Crippen molar-refractivity contribution >= 4 is 21.8 Å². The number of aromatic nitrogens is 4. The molecule has 4 heteroatoms. The predicted molar refractivity (Wildman–Crippen MR) is 227 cm³/mol. The first-order chi connectivity index (χ1) is 27.3. The van der Waals surface area contributed by atoms with E-state index >= 15 is 0 Å². The van der Waals surface area contributed by atoms with Crippen LogP contribution in [0.4, 0.5) is 0 Å². The molecule has 4 heterocycles. The van der Waals surface area contributed by atoms with Crippen molar-refractivity contribution in [3.63, 3.8) is 0 Å². The normalized spacial score (nSPS) is 11.3. The summed E-state index contributed by atoms with van der Waals surface area (Å²) in [6, 6.07) is 68.5. The van der Waals surface area contributed by atoms with Crippen LogP contribution in [0.15, 0.2) is 207 Å². The van der Waals surface area contributed by atoms with Gasteiger partial charge < -0.3 is 0 Å². The minimum Gasteiger partial charge on any atom is -0.293 e. The molecular formula is C51H34N4. The maximum atomic E-state index is 5.49. The average molecular weight is 703 g/mol. The van der Waals surface area contributed by atoms with Crippen molar-refractivity contribution in [1.29, 1.82) is 0 Å². The quantitative estimate of drug-likeness (QED) is 0.166. The second-order valence-electron chi connectivity index (χ2n) is 13.7. The van der Waals surface area contributed by atoms with Gasteiger partial charge in [-0.15, -0.1) is 0 Å². The molecule has 0 aliphatic rings. The van der Waals surface area contributed by atoms with Crippen molar-refractivity contribution in [3.8, 4) is 73.0 Å². The van der Waals surface area contributed by atoms with Gasteiger partial charge in [0.15, 0.2) is 0 Å². The van der Waals surface area contributed by atoms with Gasteiger partial charge in [0.2, 0.25) is 0 Å². The molecule has 0 bridgehead atoms. The summed E-state index contributed by atoms with van der Waals surface area (Å²) < 4.78 is 2.36. The van der Waals surface area contributed by atoms with Gasteiger partial charge in [-0.1, -0.05) is 133 Å². The lowest BCUT2D eigenvalue weighted by molar-refractivity contribution is 1.08. The Balaban J connectivity index is 1.30. The molecule has 0 atom stereocenters. The Hall–Kier alpha value is -7.43. The van der Waals surface area contributed by atoms with E-state index in [4.69, 9.17) is 9.97 Å². The van der Waals surface area contributed by atoms with Gasteiger partial charge in [-0.3, -0.25) is 9.55 Å². The SMILES string of the molecule is c1ccc(-c2cc(-c3cccc(-c4cccnc4)n3)nc(-n3c4ccc(-c5ccccc5)cc4c4cc(-c5ccccc5)cc(-c5ccccc5)c43)c2)cc1. The summed E-state index contributed by atoms with van der Waals surface area (Å²) in [7, 11) is 0. The fourth-order valence-corrected chi connectivity index (χ4v) is 7.64. The van der Waals surface area contributed by atoms with Crippen LogP contribution in [0.2, 0.25) is 0 Å². The van der Waals surface area contributed by atoms with Crippen molar-refractivity contribution in [3.05, 3.63) is 207 Å². The smallest absolute Gasteiger partial charge is 0.139 e. The molecule has 0 saturated carbocycles. The zero-order valence-electron chi connectivity index (χ0n) is 29.9. The number of hydrogen-bond donors (Lipinski definition) is 0. The predicted octanol–water partition coefficient (Wildman–Crippen LogP) is 13.0. The highest BCUT2D eigenvalue weighted by molar-refractivity contribution is 6.16. The number of benzene rings is 6.